The topological polar surface area (TPSA) is 128 Å². The normalized spacial score (nSPS) is 15.0. The van der Waals surface area contributed by atoms with Crippen LogP contribution >= 0.6 is 11.3 Å². The van der Waals surface area contributed by atoms with Crippen molar-refractivity contribution in [2.24, 2.45) is 0 Å². The lowest BCUT2D eigenvalue weighted by molar-refractivity contribution is -0.667. The lowest BCUT2D eigenvalue weighted by Gasteiger charge is -2.20. The van der Waals surface area contributed by atoms with E-state index in [0.29, 0.717) is 24.6 Å². The second-order valence-electron chi connectivity index (χ2n) is 10.9. The molecule has 0 fully saturated rings. The van der Waals surface area contributed by atoms with Gasteiger partial charge in [0.1, 0.15) is 4.70 Å². The third-order valence-corrected chi connectivity index (χ3v) is 10.5. The molecule has 0 spiro atoms. The second kappa shape index (κ2) is 12.5. The fourth-order valence-corrected chi connectivity index (χ4v) is 7.93. The van der Waals surface area contributed by atoms with Gasteiger partial charge in [0, 0.05) is 36.3 Å². The molecule has 0 radical (unpaired) electrons. The fourth-order valence-electron chi connectivity index (χ4n) is 5.77. The molecule has 1 aromatic heterocycles. The Bertz CT molecular complexity index is 2200. The van der Waals surface area contributed by atoms with Crippen LogP contribution in [0.4, 0.5) is 5.69 Å². The second-order valence-corrected chi connectivity index (χ2v) is 15.1. The first-order valence-electron chi connectivity index (χ1n) is 14.6. The first kappa shape index (κ1) is 31.2. The van der Waals surface area contributed by atoms with Crippen molar-refractivity contribution in [3.05, 3.63) is 95.3 Å². The van der Waals surface area contributed by atoms with Crippen LogP contribution in [-0.4, -0.2) is 44.0 Å². The molecule has 6 rings (SSSR count). The lowest BCUT2D eigenvalue weighted by Crippen LogP contribution is -2.36. The summed E-state index contributed by atoms with van der Waals surface area (Å²) >= 11 is 1.59. The summed E-state index contributed by atoms with van der Waals surface area (Å²) in [5.41, 5.74) is 2.76. The lowest BCUT2D eigenvalue weighted by atomic mass is 10.1. The smallest absolute Gasteiger partial charge is 0.265 e. The Labute approximate surface area is 266 Å². The van der Waals surface area contributed by atoms with Gasteiger partial charge in [0.15, 0.2) is 12.3 Å². The van der Waals surface area contributed by atoms with Crippen LogP contribution < -0.4 is 14.2 Å². The average Bonchev–Trinajstić information content (AvgIpc) is 3.53. The summed E-state index contributed by atoms with van der Waals surface area (Å²) < 4.78 is 76.2. The average molecular weight is 665 g/mol. The number of hydrogen-bond acceptors (Lipinski definition) is 8. The monoisotopic (exact) mass is 664 g/mol. The number of benzene rings is 4. The van der Waals surface area contributed by atoms with Crippen LogP contribution in [0.3, 0.4) is 0 Å². The van der Waals surface area contributed by atoms with Crippen molar-refractivity contribution in [2.75, 3.05) is 23.0 Å². The SMILES string of the molecule is CCC(/C=C1\Oc2ccc3ccccc3c2N1CCCS(=O)(=O)[O-])=C\c1sc2ccc3ccccc3c2[n+]1CCCS(=O)(=O)O. The Hall–Kier alpha value is -3.81. The highest BCUT2D eigenvalue weighted by molar-refractivity contribution is 7.85. The van der Waals surface area contributed by atoms with Gasteiger partial charge in [0.25, 0.3) is 15.1 Å². The van der Waals surface area contributed by atoms with Gasteiger partial charge in [-0.2, -0.15) is 13.0 Å². The molecule has 0 aliphatic carbocycles. The standard InChI is InChI=1S/C33H32N2O7S3/c1-2-23(21-30-34(17-7-19-44(36,37)38)32-26-11-5-3-9-24(26)13-15-28(32)42-30)22-31-35(18-8-20-45(39,40)41)33-27-12-6-4-10-25(27)14-16-29(33)43-31/h3-6,9-16,21-22H,2,7-8,17-20H2,1H3,(H-,36,37,38,39,40,41). The van der Waals surface area contributed by atoms with Gasteiger partial charge < -0.3 is 14.2 Å². The number of ether oxygens (including phenoxy) is 1. The molecular weight excluding hydrogens is 633 g/mol. The highest BCUT2D eigenvalue weighted by Gasteiger charge is 2.29. The molecule has 0 unspecified atom stereocenters. The Balaban J connectivity index is 1.44. The molecule has 0 saturated heterocycles. The number of allylic oxidation sites excluding steroid dienone is 2. The minimum absolute atomic E-state index is 0.136. The van der Waals surface area contributed by atoms with Crippen molar-refractivity contribution in [3.63, 3.8) is 0 Å². The Morgan fingerprint density at radius 3 is 2.33 bits per heavy atom. The molecule has 0 atom stereocenters. The minimum atomic E-state index is -4.37. The van der Waals surface area contributed by atoms with E-state index in [1.165, 1.54) is 0 Å². The number of thiazole rings is 1. The summed E-state index contributed by atoms with van der Waals surface area (Å²) in [6.45, 7) is 2.69. The third kappa shape index (κ3) is 6.90. The highest BCUT2D eigenvalue weighted by atomic mass is 32.2. The van der Waals surface area contributed by atoms with Crippen molar-refractivity contribution in [3.8, 4) is 5.75 Å². The van der Waals surface area contributed by atoms with Gasteiger partial charge in [0.2, 0.25) is 11.4 Å². The van der Waals surface area contributed by atoms with Gasteiger partial charge in [-0.15, -0.1) is 0 Å². The molecule has 1 aliphatic heterocycles. The summed E-state index contributed by atoms with van der Waals surface area (Å²) in [5.74, 6) is 0.354. The zero-order chi connectivity index (χ0) is 31.8. The van der Waals surface area contributed by atoms with Crippen LogP contribution in [0.15, 0.2) is 90.3 Å². The van der Waals surface area contributed by atoms with E-state index in [9.17, 15) is 25.9 Å². The summed E-state index contributed by atoms with van der Waals surface area (Å²) in [7, 11) is -8.48. The van der Waals surface area contributed by atoms with Gasteiger partial charge in [0.05, 0.1) is 26.9 Å². The van der Waals surface area contributed by atoms with Gasteiger partial charge in [-0.3, -0.25) is 4.55 Å². The molecular formula is C33H32N2O7S3. The zero-order valence-corrected chi connectivity index (χ0v) is 27.0. The van der Waals surface area contributed by atoms with Crippen molar-refractivity contribution >= 4 is 75.1 Å². The maximum Gasteiger partial charge on any atom is 0.265 e. The zero-order valence-electron chi connectivity index (χ0n) is 24.5. The highest BCUT2D eigenvalue weighted by Crippen LogP contribution is 2.44. The molecule has 0 saturated carbocycles. The molecule has 1 N–H and O–H groups in total. The van der Waals surface area contributed by atoms with Crippen LogP contribution in [0.1, 0.15) is 31.2 Å². The molecule has 234 valence electrons. The van der Waals surface area contributed by atoms with E-state index < -0.39 is 26.0 Å². The maximum absolute atomic E-state index is 11.5. The summed E-state index contributed by atoms with van der Waals surface area (Å²) in [4.78, 5) is 1.94. The van der Waals surface area contributed by atoms with E-state index >= 15 is 0 Å². The molecule has 12 heteroatoms. The Morgan fingerprint density at radius 2 is 1.62 bits per heavy atom. The number of rotatable bonds is 11. The minimum Gasteiger partial charge on any atom is -0.748 e. The van der Waals surface area contributed by atoms with Gasteiger partial charge >= 0.3 is 0 Å². The van der Waals surface area contributed by atoms with Crippen LogP contribution in [0.25, 0.3) is 37.8 Å². The number of hydrogen-bond donors (Lipinski definition) is 1. The van der Waals surface area contributed by atoms with Crippen LogP contribution in [-0.2, 0) is 26.8 Å². The number of anilines is 1. The van der Waals surface area contributed by atoms with Gasteiger partial charge in [-0.1, -0.05) is 72.9 Å². The number of aryl methyl sites for hydroxylation is 1. The Morgan fingerprint density at radius 1 is 0.933 bits per heavy atom. The van der Waals surface area contributed by atoms with E-state index in [-0.39, 0.29) is 25.1 Å². The third-order valence-electron chi connectivity index (χ3n) is 7.81. The largest absolute Gasteiger partial charge is 0.748 e. The van der Waals surface area contributed by atoms with Crippen molar-refractivity contribution in [2.45, 2.75) is 32.7 Å². The summed E-state index contributed by atoms with van der Waals surface area (Å²) in [5, 5.41) is 5.00. The summed E-state index contributed by atoms with van der Waals surface area (Å²) in [6, 6.07) is 23.9. The number of fused-ring (bicyclic) bond motifs is 6. The van der Waals surface area contributed by atoms with E-state index in [1.807, 2.05) is 78.6 Å². The van der Waals surface area contributed by atoms with Crippen molar-refractivity contribution in [1.29, 1.82) is 0 Å². The number of nitrogens with zero attached hydrogens (tertiary/aromatic N) is 2. The molecule has 45 heavy (non-hydrogen) atoms. The van der Waals surface area contributed by atoms with Gasteiger partial charge in [-0.05, 0) is 47.4 Å². The predicted molar refractivity (Wildman–Crippen MR) is 178 cm³/mol. The molecule has 0 bridgehead atoms. The molecule has 5 aromatic rings. The van der Waals surface area contributed by atoms with Gasteiger partial charge in [-0.25, -0.2) is 8.42 Å². The van der Waals surface area contributed by atoms with Crippen molar-refractivity contribution < 1.29 is 35.2 Å². The fraction of sp³-hybridized carbons (Fsp3) is 0.242. The molecule has 0 amide bonds. The van der Waals surface area contributed by atoms with Crippen molar-refractivity contribution in [1.82, 2.24) is 0 Å². The van der Waals surface area contributed by atoms with Crippen LogP contribution in [0.5, 0.6) is 5.75 Å². The first-order chi connectivity index (χ1) is 21.5. The summed E-state index contributed by atoms with van der Waals surface area (Å²) in [6.07, 6.45) is 5.02. The maximum atomic E-state index is 11.5. The predicted octanol–water partition coefficient (Wildman–Crippen LogP) is 6.24. The quantitative estimate of drug-likeness (QED) is 0.130. The molecule has 1 aliphatic rings. The van der Waals surface area contributed by atoms with E-state index in [0.717, 1.165) is 48.0 Å². The van der Waals surface area contributed by atoms with Crippen LogP contribution in [0.2, 0.25) is 0 Å². The molecule has 4 aromatic carbocycles. The van der Waals surface area contributed by atoms with E-state index in [1.54, 1.807) is 11.3 Å². The number of aromatic nitrogens is 1. The van der Waals surface area contributed by atoms with E-state index in [2.05, 4.69) is 22.8 Å². The first-order valence-corrected chi connectivity index (χ1v) is 18.6. The Kier molecular flexibility index (Phi) is 8.68. The van der Waals surface area contributed by atoms with Crippen LogP contribution in [0, 0.1) is 0 Å². The molecule has 2 heterocycles. The van der Waals surface area contributed by atoms with E-state index in [4.69, 9.17) is 4.74 Å². The molecule has 9 nitrogen and oxygen atoms in total.